The van der Waals surface area contributed by atoms with Crippen LogP contribution in [0.15, 0.2) is 48.7 Å². The topological polar surface area (TPSA) is 44.9 Å². The summed E-state index contributed by atoms with van der Waals surface area (Å²) >= 11 is 0. The highest BCUT2D eigenvalue weighted by atomic mass is 19.1. The lowest BCUT2D eigenvalue weighted by Gasteiger charge is -2.04. The average molecular weight is 272 g/mol. The Morgan fingerprint density at radius 3 is 2.65 bits per heavy atom. The molecule has 1 aromatic heterocycles. The van der Waals surface area contributed by atoms with Gasteiger partial charge in [-0.25, -0.2) is 8.78 Å². The van der Waals surface area contributed by atoms with E-state index in [1.807, 2.05) is 0 Å². The molecule has 0 radical (unpaired) electrons. The molecule has 1 amide bonds. The zero-order chi connectivity index (χ0) is 14.1. The van der Waals surface area contributed by atoms with Crippen molar-refractivity contribution in [2.45, 2.75) is 0 Å². The van der Waals surface area contributed by atoms with Crippen molar-refractivity contribution in [1.29, 1.82) is 0 Å². The lowest BCUT2D eigenvalue weighted by atomic mass is 10.1. The number of H-pyrrole nitrogens is 1. The van der Waals surface area contributed by atoms with E-state index in [2.05, 4.69) is 10.3 Å². The number of nitrogens with one attached hydrogen (secondary N) is 2. The van der Waals surface area contributed by atoms with E-state index in [0.717, 1.165) is 0 Å². The van der Waals surface area contributed by atoms with Crippen LogP contribution in [0, 0.1) is 11.6 Å². The minimum atomic E-state index is -0.427. The van der Waals surface area contributed by atoms with E-state index in [1.54, 1.807) is 6.07 Å². The maximum absolute atomic E-state index is 13.1. The Morgan fingerprint density at radius 1 is 1.05 bits per heavy atom. The molecule has 0 unspecified atom stereocenters. The van der Waals surface area contributed by atoms with Gasteiger partial charge >= 0.3 is 0 Å². The van der Waals surface area contributed by atoms with E-state index in [0.29, 0.717) is 22.2 Å². The maximum Gasteiger partial charge on any atom is 0.257 e. The van der Waals surface area contributed by atoms with Crippen LogP contribution >= 0.6 is 0 Å². The molecule has 0 bridgehead atoms. The van der Waals surface area contributed by atoms with Crippen LogP contribution in [0.4, 0.5) is 14.5 Å². The van der Waals surface area contributed by atoms with Gasteiger partial charge in [0.05, 0.1) is 5.56 Å². The zero-order valence-corrected chi connectivity index (χ0v) is 10.3. The highest BCUT2D eigenvalue weighted by molar-refractivity contribution is 6.12. The summed E-state index contributed by atoms with van der Waals surface area (Å²) in [5.74, 6) is -1.19. The van der Waals surface area contributed by atoms with Gasteiger partial charge in [-0.1, -0.05) is 6.07 Å². The first kappa shape index (κ1) is 12.3. The molecule has 2 N–H and O–H groups in total. The van der Waals surface area contributed by atoms with Crippen LogP contribution in [-0.4, -0.2) is 10.9 Å². The van der Waals surface area contributed by atoms with E-state index in [-0.39, 0.29) is 11.7 Å². The van der Waals surface area contributed by atoms with Crippen LogP contribution in [0.3, 0.4) is 0 Å². The number of aromatic nitrogens is 1. The Balaban J connectivity index is 1.93. The number of hydrogen-bond donors (Lipinski definition) is 2. The molecular formula is C15H10F2N2O. The quantitative estimate of drug-likeness (QED) is 0.734. The summed E-state index contributed by atoms with van der Waals surface area (Å²) < 4.78 is 26.1. The second-order valence-corrected chi connectivity index (χ2v) is 4.36. The third kappa shape index (κ3) is 2.25. The average Bonchev–Trinajstić information content (AvgIpc) is 2.81. The van der Waals surface area contributed by atoms with Gasteiger partial charge in [-0.3, -0.25) is 4.79 Å². The fourth-order valence-corrected chi connectivity index (χ4v) is 2.05. The van der Waals surface area contributed by atoms with E-state index < -0.39 is 5.82 Å². The van der Waals surface area contributed by atoms with Crippen LogP contribution in [-0.2, 0) is 0 Å². The summed E-state index contributed by atoms with van der Waals surface area (Å²) in [5, 5.41) is 3.21. The van der Waals surface area contributed by atoms with Crippen molar-refractivity contribution in [2.24, 2.45) is 0 Å². The summed E-state index contributed by atoms with van der Waals surface area (Å²) in [7, 11) is 0. The Morgan fingerprint density at radius 2 is 1.85 bits per heavy atom. The summed E-state index contributed by atoms with van der Waals surface area (Å²) in [6.07, 6.45) is 1.50. The molecule has 1 heterocycles. The summed E-state index contributed by atoms with van der Waals surface area (Å²) in [6, 6.07) is 9.76. The molecule has 3 rings (SSSR count). The SMILES string of the molecule is O=C(Nc1cccc(F)c1)c1c[nH]c2cc(F)ccc12. The number of anilines is 1. The normalized spacial score (nSPS) is 10.7. The summed E-state index contributed by atoms with van der Waals surface area (Å²) in [6.45, 7) is 0. The molecule has 3 aromatic rings. The highest BCUT2D eigenvalue weighted by Gasteiger charge is 2.12. The van der Waals surface area contributed by atoms with Crippen LogP contribution < -0.4 is 5.32 Å². The molecule has 20 heavy (non-hydrogen) atoms. The molecule has 0 aliphatic heterocycles. The predicted octanol–water partition coefficient (Wildman–Crippen LogP) is 3.70. The van der Waals surface area contributed by atoms with Gasteiger partial charge < -0.3 is 10.3 Å². The van der Waals surface area contributed by atoms with E-state index in [9.17, 15) is 13.6 Å². The molecule has 3 nitrogen and oxygen atoms in total. The first-order valence-corrected chi connectivity index (χ1v) is 5.97. The fraction of sp³-hybridized carbons (Fsp3) is 0. The van der Waals surface area contributed by atoms with E-state index >= 15 is 0 Å². The summed E-state index contributed by atoms with van der Waals surface area (Å²) in [4.78, 5) is 15.0. The number of aromatic amines is 1. The third-order valence-electron chi connectivity index (χ3n) is 2.97. The Hall–Kier alpha value is -2.69. The van der Waals surface area contributed by atoms with Crippen LogP contribution in [0.1, 0.15) is 10.4 Å². The number of amides is 1. The molecule has 0 atom stereocenters. The van der Waals surface area contributed by atoms with Gasteiger partial charge in [-0.05, 0) is 36.4 Å². The molecule has 100 valence electrons. The number of carbonyl (C=O) groups excluding carboxylic acids is 1. The molecule has 0 aliphatic carbocycles. The molecule has 0 saturated carbocycles. The second kappa shape index (κ2) is 4.77. The second-order valence-electron chi connectivity index (χ2n) is 4.36. The molecule has 0 fully saturated rings. The fourth-order valence-electron chi connectivity index (χ4n) is 2.05. The van der Waals surface area contributed by atoms with Crippen LogP contribution in [0.25, 0.3) is 10.9 Å². The lowest BCUT2D eigenvalue weighted by Crippen LogP contribution is -2.11. The molecule has 0 spiro atoms. The maximum atomic E-state index is 13.1. The number of rotatable bonds is 2. The van der Waals surface area contributed by atoms with Gasteiger partial charge in [0.2, 0.25) is 0 Å². The van der Waals surface area contributed by atoms with Gasteiger partial charge in [-0.2, -0.15) is 0 Å². The standard InChI is InChI=1S/C15H10F2N2O/c16-9-2-1-3-11(6-9)19-15(20)13-8-18-14-7-10(17)4-5-12(13)14/h1-8,18H,(H,19,20). The van der Waals surface area contributed by atoms with E-state index in [4.69, 9.17) is 0 Å². The third-order valence-corrected chi connectivity index (χ3v) is 2.97. The van der Waals surface area contributed by atoms with E-state index in [1.165, 1.54) is 42.6 Å². The Bertz CT molecular complexity index is 795. The minimum Gasteiger partial charge on any atom is -0.360 e. The summed E-state index contributed by atoms with van der Waals surface area (Å²) in [5.41, 5.74) is 1.28. The van der Waals surface area contributed by atoms with Gasteiger partial charge in [0.15, 0.2) is 0 Å². The Labute approximate surface area is 113 Å². The number of benzene rings is 2. The zero-order valence-electron chi connectivity index (χ0n) is 10.3. The minimum absolute atomic E-state index is 0.367. The van der Waals surface area contributed by atoms with Gasteiger partial charge in [0.1, 0.15) is 11.6 Å². The van der Waals surface area contributed by atoms with Crippen molar-refractivity contribution >= 4 is 22.5 Å². The molecule has 5 heteroatoms. The van der Waals surface area contributed by atoms with Gasteiger partial charge in [0, 0.05) is 22.8 Å². The monoisotopic (exact) mass is 272 g/mol. The number of halogens is 2. The van der Waals surface area contributed by atoms with Crippen molar-refractivity contribution in [3.8, 4) is 0 Å². The largest absolute Gasteiger partial charge is 0.360 e. The first-order chi connectivity index (χ1) is 9.63. The highest BCUT2D eigenvalue weighted by Crippen LogP contribution is 2.20. The smallest absolute Gasteiger partial charge is 0.257 e. The van der Waals surface area contributed by atoms with Gasteiger partial charge in [-0.15, -0.1) is 0 Å². The lowest BCUT2D eigenvalue weighted by molar-refractivity contribution is 0.102. The van der Waals surface area contributed by atoms with Gasteiger partial charge in [0.25, 0.3) is 5.91 Å². The van der Waals surface area contributed by atoms with Crippen molar-refractivity contribution in [3.63, 3.8) is 0 Å². The van der Waals surface area contributed by atoms with Crippen molar-refractivity contribution < 1.29 is 13.6 Å². The Kier molecular flexibility index (Phi) is 2.95. The van der Waals surface area contributed by atoms with Crippen molar-refractivity contribution in [3.05, 3.63) is 65.9 Å². The van der Waals surface area contributed by atoms with Crippen molar-refractivity contribution in [2.75, 3.05) is 5.32 Å². The number of carbonyl (C=O) groups is 1. The molecule has 2 aromatic carbocycles. The molecule has 0 aliphatic rings. The molecule has 0 saturated heterocycles. The predicted molar refractivity (Wildman–Crippen MR) is 72.6 cm³/mol. The van der Waals surface area contributed by atoms with Crippen LogP contribution in [0.5, 0.6) is 0 Å². The number of hydrogen-bond acceptors (Lipinski definition) is 1. The molecular weight excluding hydrogens is 262 g/mol. The first-order valence-electron chi connectivity index (χ1n) is 5.97. The number of fused-ring (bicyclic) bond motifs is 1. The van der Waals surface area contributed by atoms with Crippen molar-refractivity contribution in [1.82, 2.24) is 4.98 Å². The van der Waals surface area contributed by atoms with Crippen LogP contribution in [0.2, 0.25) is 0 Å².